The van der Waals surface area contributed by atoms with Crippen LogP contribution in [0.25, 0.3) is 0 Å². The monoisotopic (exact) mass is 396 g/mol. The molecular formula is C22H28N4OS. The Morgan fingerprint density at radius 3 is 2.61 bits per heavy atom. The van der Waals surface area contributed by atoms with Gasteiger partial charge >= 0.3 is 0 Å². The molecule has 2 aromatic rings. The van der Waals surface area contributed by atoms with Gasteiger partial charge < -0.3 is 20.4 Å². The van der Waals surface area contributed by atoms with E-state index in [1.165, 1.54) is 11.3 Å². The highest BCUT2D eigenvalue weighted by atomic mass is 32.1. The molecule has 0 aliphatic carbocycles. The average Bonchev–Trinajstić information content (AvgIpc) is 3.00. The lowest BCUT2D eigenvalue weighted by Gasteiger charge is -2.25. The minimum absolute atomic E-state index is 0.00929. The topological polar surface area (TPSA) is 47.6 Å². The fraction of sp³-hybridized carbons (Fsp3) is 0.364. The van der Waals surface area contributed by atoms with Gasteiger partial charge in [-0.1, -0.05) is 18.2 Å². The third-order valence-electron chi connectivity index (χ3n) is 5.01. The number of carbonyl (C=O) groups excluding carboxylic acids is 1. The van der Waals surface area contributed by atoms with Crippen LogP contribution in [-0.4, -0.2) is 49.1 Å². The van der Waals surface area contributed by atoms with Crippen LogP contribution in [-0.2, 0) is 6.42 Å². The molecule has 0 saturated heterocycles. The molecule has 0 aromatic heterocycles. The molecule has 1 aliphatic heterocycles. The van der Waals surface area contributed by atoms with E-state index >= 15 is 0 Å². The van der Waals surface area contributed by atoms with Crippen molar-refractivity contribution in [2.24, 2.45) is 0 Å². The molecule has 2 aromatic carbocycles. The van der Waals surface area contributed by atoms with Crippen molar-refractivity contribution in [3.8, 4) is 0 Å². The molecule has 0 spiro atoms. The lowest BCUT2D eigenvalue weighted by atomic mass is 10.1. The van der Waals surface area contributed by atoms with Crippen LogP contribution in [0.1, 0.15) is 29.3 Å². The Kier molecular flexibility index (Phi) is 6.52. The Labute approximate surface area is 172 Å². The van der Waals surface area contributed by atoms with E-state index in [0.29, 0.717) is 16.7 Å². The summed E-state index contributed by atoms with van der Waals surface area (Å²) in [6, 6.07) is 16.6. The summed E-state index contributed by atoms with van der Waals surface area (Å²) < 4.78 is 0. The highest BCUT2D eigenvalue weighted by Gasteiger charge is 2.24. The third kappa shape index (κ3) is 4.81. The largest absolute Gasteiger partial charge is 0.368 e. The Balaban J connectivity index is 1.42. The number of para-hydroxylation sites is 1. The fourth-order valence-corrected chi connectivity index (χ4v) is 3.77. The maximum absolute atomic E-state index is 11.9. The number of hydrogen-bond donors (Lipinski definition) is 2. The van der Waals surface area contributed by atoms with Gasteiger partial charge in [0.05, 0.1) is 0 Å². The van der Waals surface area contributed by atoms with Crippen molar-refractivity contribution in [1.82, 2.24) is 10.2 Å². The van der Waals surface area contributed by atoms with Gasteiger partial charge in [-0.25, -0.2) is 0 Å². The maximum Gasteiger partial charge on any atom is 0.253 e. The summed E-state index contributed by atoms with van der Waals surface area (Å²) >= 11 is 5.39. The highest BCUT2D eigenvalue weighted by Crippen LogP contribution is 2.31. The zero-order chi connectivity index (χ0) is 20.1. The number of amides is 1. The second-order valence-electron chi connectivity index (χ2n) is 7.39. The average molecular weight is 397 g/mol. The van der Waals surface area contributed by atoms with E-state index in [0.717, 1.165) is 31.6 Å². The van der Waals surface area contributed by atoms with Crippen molar-refractivity contribution in [2.45, 2.75) is 25.8 Å². The van der Waals surface area contributed by atoms with Crippen molar-refractivity contribution in [3.63, 3.8) is 0 Å². The Morgan fingerprint density at radius 2 is 1.89 bits per heavy atom. The minimum Gasteiger partial charge on any atom is -0.368 e. The van der Waals surface area contributed by atoms with E-state index in [9.17, 15) is 4.79 Å². The van der Waals surface area contributed by atoms with Crippen LogP contribution in [0.4, 0.5) is 11.4 Å². The molecule has 0 radical (unpaired) electrons. The van der Waals surface area contributed by atoms with Crippen LogP contribution >= 0.6 is 12.2 Å². The lowest BCUT2D eigenvalue weighted by Crippen LogP contribution is -2.34. The molecule has 1 heterocycles. The number of fused-ring (bicyclic) bond motifs is 1. The van der Waals surface area contributed by atoms with Gasteiger partial charge in [-0.3, -0.25) is 4.79 Å². The SMILES string of the molecule is C[C@@H]1Cc2ccccc2N1CCCNC(=S)Nc1ccc(C(=O)N(C)C)cc1. The molecular weight excluding hydrogens is 368 g/mol. The van der Waals surface area contributed by atoms with Crippen LogP contribution in [0.2, 0.25) is 0 Å². The summed E-state index contributed by atoms with van der Waals surface area (Å²) in [5, 5.41) is 7.04. The van der Waals surface area contributed by atoms with Crippen molar-refractivity contribution in [1.29, 1.82) is 0 Å². The van der Waals surface area contributed by atoms with Crippen molar-refractivity contribution in [2.75, 3.05) is 37.4 Å². The minimum atomic E-state index is -0.00929. The van der Waals surface area contributed by atoms with Crippen molar-refractivity contribution in [3.05, 3.63) is 59.7 Å². The summed E-state index contributed by atoms with van der Waals surface area (Å²) in [6.07, 6.45) is 2.13. The van der Waals surface area contributed by atoms with Crippen LogP contribution in [0.3, 0.4) is 0 Å². The summed E-state index contributed by atoms with van der Waals surface area (Å²) in [6.45, 7) is 4.11. The first-order valence-electron chi connectivity index (χ1n) is 9.67. The molecule has 3 rings (SSSR count). The first-order chi connectivity index (χ1) is 13.5. The predicted octanol–water partition coefficient (Wildman–Crippen LogP) is 3.52. The van der Waals surface area contributed by atoms with Gasteiger partial charge in [-0.2, -0.15) is 0 Å². The van der Waals surface area contributed by atoms with Crippen LogP contribution in [0.5, 0.6) is 0 Å². The van der Waals surface area contributed by atoms with E-state index in [1.54, 1.807) is 31.1 Å². The number of thiocarbonyl (C=S) groups is 1. The normalized spacial score (nSPS) is 15.1. The smallest absolute Gasteiger partial charge is 0.253 e. The Bertz CT molecular complexity index is 835. The number of nitrogens with zero attached hydrogens (tertiary/aromatic N) is 2. The van der Waals surface area contributed by atoms with E-state index in [-0.39, 0.29) is 5.91 Å². The van der Waals surface area contributed by atoms with Crippen LogP contribution < -0.4 is 15.5 Å². The summed E-state index contributed by atoms with van der Waals surface area (Å²) in [7, 11) is 3.49. The van der Waals surface area contributed by atoms with Crippen LogP contribution in [0.15, 0.2) is 48.5 Å². The predicted molar refractivity (Wildman–Crippen MR) is 120 cm³/mol. The Hall–Kier alpha value is -2.60. The summed E-state index contributed by atoms with van der Waals surface area (Å²) in [4.78, 5) is 16.0. The zero-order valence-electron chi connectivity index (χ0n) is 16.7. The third-order valence-corrected chi connectivity index (χ3v) is 5.25. The first kappa shape index (κ1) is 20.1. The van der Waals surface area contributed by atoms with E-state index in [1.807, 2.05) is 12.1 Å². The Morgan fingerprint density at radius 1 is 1.18 bits per heavy atom. The quantitative estimate of drug-likeness (QED) is 0.578. The number of hydrogen-bond acceptors (Lipinski definition) is 3. The molecule has 0 bridgehead atoms. The molecule has 1 atom stereocenters. The van der Waals surface area contributed by atoms with Gasteiger partial charge in [0.25, 0.3) is 5.91 Å². The highest BCUT2D eigenvalue weighted by molar-refractivity contribution is 7.80. The summed E-state index contributed by atoms with van der Waals surface area (Å²) in [5.41, 5.74) is 4.34. The molecule has 0 unspecified atom stereocenters. The van der Waals surface area contributed by atoms with Crippen LogP contribution in [0, 0.1) is 0 Å². The molecule has 6 heteroatoms. The first-order valence-corrected chi connectivity index (χ1v) is 10.1. The maximum atomic E-state index is 11.9. The summed E-state index contributed by atoms with van der Waals surface area (Å²) in [5.74, 6) is -0.00929. The van der Waals surface area contributed by atoms with Crippen molar-refractivity contribution >= 4 is 34.6 Å². The van der Waals surface area contributed by atoms with E-state index in [4.69, 9.17) is 12.2 Å². The van der Waals surface area contributed by atoms with E-state index in [2.05, 4.69) is 46.7 Å². The number of carbonyl (C=O) groups is 1. The van der Waals surface area contributed by atoms with E-state index < -0.39 is 0 Å². The number of benzene rings is 2. The number of rotatable bonds is 6. The number of nitrogens with one attached hydrogen (secondary N) is 2. The molecule has 148 valence electrons. The lowest BCUT2D eigenvalue weighted by molar-refractivity contribution is 0.0827. The molecule has 0 saturated carbocycles. The molecule has 0 fully saturated rings. The number of anilines is 2. The fourth-order valence-electron chi connectivity index (χ4n) is 3.55. The zero-order valence-corrected chi connectivity index (χ0v) is 17.6. The second kappa shape index (κ2) is 9.06. The van der Waals surface area contributed by atoms with Gasteiger partial charge in [0.1, 0.15) is 0 Å². The van der Waals surface area contributed by atoms with Gasteiger partial charge in [-0.05, 0) is 67.9 Å². The van der Waals surface area contributed by atoms with Gasteiger partial charge in [0.2, 0.25) is 0 Å². The molecule has 1 amide bonds. The van der Waals surface area contributed by atoms with Gasteiger partial charge in [0, 0.05) is 50.2 Å². The molecule has 1 aliphatic rings. The van der Waals surface area contributed by atoms with Gasteiger partial charge in [-0.15, -0.1) is 0 Å². The second-order valence-corrected chi connectivity index (χ2v) is 7.79. The standard InChI is InChI=1S/C22H28N4OS/c1-16-15-18-7-4-5-8-20(18)26(16)14-6-13-23-22(28)24-19-11-9-17(10-12-19)21(27)25(2)3/h4-5,7-12,16H,6,13-15H2,1-3H3,(H2,23,24,28)/t16-/m1/s1. The molecule has 28 heavy (non-hydrogen) atoms. The molecule has 2 N–H and O–H groups in total. The molecule has 5 nitrogen and oxygen atoms in total. The van der Waals surface area contributed by atoms with Gasteiger partial charge in [0.15, 0.2) is 5.11 Å². The van der Waals surface area contributed by atoms with Crippen molar-refractivity contribution < 1.29 is 4.79 Å².